The molecule has 0 saturated heterocycles. The van der Waals surface area contributed by atoms with Crippen molar-refractivity contribution in [1.82, 2.24) is 15.1 Å². The van der Waals surface area contributed by atoms with E-state index in [1.807, 2.05) is 42.2 Å². The van der Waals surface area contributed by atoms with Crippen molar-refractivity contribution in [3.05, 3.63) is 64.1 Å². The maximum Gasteiger partial charge on any atom is 0.274 e. The highest BCUT2D eigenvalue weighted by Gasteiger charge is 2.31. The van der Waals surface area contributed by atoms with E-state index in [9.17, 15) is 9.59 Å². The molecule has 1 amide bonds. The van der Waals surface area contributed by atoms with Crippen LogP contribution in [-0.4, -0.2) is 27.5 Å². The average molecular weight is 297 g/mol. The molecule has 5 heteroatoms. The Hall–Kier alpha value is -2.43. The van der Waals surface area contributed by atoms with Crippen LogP contribution in [0.3, 0.4) is 0 Å². The van der Waals surface area contributed by atoms with E-state index in [2.05, 4.69) is 10.2 Å². The van der Waals surface area contributed by atoms with E-state index in [1.54, 1.807) is 0 Å². The monoisotopic (exact) mass is 297 g/mol. The lowest BCUT2D eigenvalue weighted by Gasteiger charge is -2.29. The van der Waals surface area contributed by atoms with Crippen LogP contribution in [0.4, 0.5) is 0 Å². The number of amides is 1. The van der Waals surface area contributed by atoms with Gasteiger partial charge in [-0.2, -0.15) is 5.10 Å². The second kappa shape index (κ2) is 6.13. The van der Waals surface area contributed by atoms with Gasteiger partial charge in [0.15, 0.2) is 0 Å². The van der Waals surface area contributed by atoms with E-state index in [0.29, 0.717) is 5.92 Å². The molecule has 1 atom stereocenters. The number of hydrogen-bond acceptors (Lipinski definition) is 3. The largest absolute Gasteiger partial charge is 0.330 e. The van der Waals surface area contributed by atoms with Crippen LogP contribution < -0.4 is 5.56 Å². The summed E-state index contributed by atoms with van der Waals surface area (Å²) in [6.07, 6.45) is 2.34. The minimum atomic E-state index is -0.304. The van der Waals surface area contributed by atoms with Gasteiger partial charge in [0.2, 0.25) is 0 Å². The van der Waals surface area contributed by atoms with Gasteiger partial charge >= 0.3 is 0 Å². The molecule has 1 N–H and O–H groups in total. The van der Waals surface area contributed by atoms with E-state index in [-0.39, 0.29) is 23.2 Å². The van der Waals surface area contributed by atoms with E-state index >= 15 is 0 Å². The molecule has 0 radical (unpaired) electrons. The Bertz CT molecular complexity index is 687. The molecule has 0 bridgehead atoms. The topological polar surface area (TPSA) is 66.1 Å². The first-order chi connectivity index (χ1) is 10.6. The summed E-state index contributed by atoms with van der Waals surface area (Å²) >= 11 is 0. The highest BCUT2D eigenvalue weighted by molar-refractivity contribution is 5.92. The molecular weight excluding hydrogens is 278 g/mol. The predicted octanol–water partition coefficient (Wildman–Crippen LogP) is 2.38. The Morgan fingerprint density at radius 1 is 1.27 bits per heavy atom. The van der Waals surface area contributed by atoms with Gasteiger partial charge in [0.25, 0.3) is 11.5 Å². The predicted molar refractivity (Wildman–Crippen MR) is 83.5 cm³/mol. The summed E-state index contributed by atoms with van der Waals surface area (Å²) in [5, 5.41) is 6.20. The second-order valence-corrected chi connectivity index (χ2v) is 5.79. The number of rotatable bonds is 5. The number of aromatic nitrogens is 2. The number of nitrogens with zero attached hydrogens (tertiary/aromatic N) is 2. The Labute approximate surface area is 129 Å². The smallest absolute Gasteiger partial charge is 0.274 e. The lowest BCUT2D eigenvalue weighted by molar-refractivity contribution is 0.0673. The summed E-state index contributed by atoms with van der Waals surface area (Å²) in [5.41, 5.74) is 1.07. The van der Waals surface area contributed by atoms with Crippen molar-refractivity contribution >= 4 is 5.91 Å². The fraction of sp³-hybridized carbons (Fsp3) is 0.353. The Balaban J connectivity index is 1.86. The molecule has 1 aromatic carbocycles. The van der Waals surface area contributed by atoms with E-state index in [4.69, 9.17) is 0 Å². The molecule has 22 heavy (non-hydrogen) atoms. The van der Waals surface area contributed by atoms with Crippen LogP contribution in [0.25, 0.3) is 0 Å². The van der Waals surface area contributed by atoms with Crippen molar-refractivity contribution in [1.29, 1.82) is 0 Å². The number of H-pyrrole nitrogens is 1. The van der Waals surface area contributed by atoms with Crippen LogP contribution in [0, 0.1) is 5.92 Å². The maximum absolute atomic E-state index is 12.8. The standard InChI is InChI=1S/C17H19N3O2/c1-12(14-5-3-2-4-6-14)20(11-13-7-8-13)17(22)15-9-10-16(21)19-18-15/h2-6,9-10,12-13H,7-8,11H2,1H3,(H,19,21)/t12-/m1/s1. The van der Waals surface area contributed by atoms with E-state index in [1.165, 1.54) is 25.0 Å². The van der Waals surface area contributed by atoms with Crippen LogP contribution in [-0.2, 0) is 0 Å². The first kappa shape index (κ1) is 14.5. The first-order valence-corrected chi connectivity index (χ1v) is 7.57. The van der Waals surface area contributed by atoms with Crippen molar-refractivity contribution in [3.8, 4) is 0 Å². The highest BCUT2D eigenvalue weighted by atomic mass is 16.2. The third kappa shape index (κ3) is 3.24. The second-order valence-electron chi connectivity index (χ2n) is 5.79. The zero-order chi connectivity index (χ0) is 15.5. The molecule has 1 heterocycles. The Morgan fingerprint density at radius 2 is 2.00 bits per heavy atom. The molecule has 0 unspecified atom stereocenters. The molecule has 1 aliphatic rings. The van der Waals surface area contributed by atoms with Crippen molar-refractivity contribution in [3.63, 3.8) is 0 Å². The van der Waals surface area contributed by atoms with Crippen LogP contribution >= 0.6 is 0 Å². The van der Waals surface area contributed by atoms with Crippen LogP contribution in [0.5, 0.6) is 0 Å². The van der Waals surface area contributed by atoms with Crippen molar-refractivity contribution in [2.24, 2.45) is 5.92 Å². The summed E-state index contributed by atoms with van der Waals surface area (Å²) in [6.45, 7) is 2.76. The fourth-order valence-electron chi connectivity index (χ4n) is 2.52. The highest BCUT2D eigenvalue weighted by Crippen LogP contribution is 2.33. The molecule has 1 fully saturated rings. The van der Waals surface area contributed by atoms with Crippen LogP contribution in [0.2, 0.25) is 0 Å². The normalized spacial score (nSPS) is 15.3. The molecular formula is C17H19N3O2. The van der Waals surface area contributed by atoms with Gasteiger partial charge in [0.1, 0.15) is 5.69 Å². The van der Waals surface area contributed by atoms with Crippen molar-refractivity contribution < 1.29 is 4.79 Å². The zero-order valence-electron chi connectivity index (χ0n) is 12.5. The summed E-state index contributed by atoms with van der Waals surface area (Å²) < 4.78 is 0. The fourth-order valence-corrected chi connectivity index (χ4v) is 2.52. The van der Waals surface area contributed by atoms with Crippen molar-refractivity contribution in [2.45, 2.75) is 25.8 Å². The average Bonchev–Trinajstić information content (AvgIpc) is 3.37. The van der Waals surface area contributed by atoms with Gasteiger partial charge in [-0.3, -0.25) is 9.59 Å². The molecule has 1 aliphatic carbocycles. The molecule has 2 aromatic rings. The van der Waals surface area contributed by atoms with Gasteiger partial charge in [-0.05, 0) is 37.3 Å². The van der Waals surface area contributed by atoms with Crippen molar-refractivity contribution in [2.75, 3.05) is 6.54 Å². The van der Waals surface area contributed by atoms with Crippen LogP contribution in [0.15, 0.2) is 47.3 Å². The SMILES string of the molecule is C[C@H](c1ccccc1)N(CC1CC1)C(=O)c1ccc(=O)[nH]n1. The summed E-state index contributed by atoms with van der Waals surface area (Å²) in [7, 11) is 0. The summed E-state index contributed by atoms with van der Waals surface area (Å²) in [6, 6.07) is 12.8. The molecule has 5 nitrogen and oxygen atoms in total. The third-order valence-corrected chi connectivity index (χ3v) is 4.06. The number of nitrogens with one attached hydrogen (secondary N) is 1. The van der Waals surface area contributed by atoms with Gasteiger partial charge in [-0.1, -0.05) is 30.3 Å². The Morgan fingerprint density at radius 3 is 2.59 bits per heavy atom. The summed E-state index contributed by atoms with van der Waals surface area (Å²) in [4.78, 5) is 25.7. The number of carbonyl (C=O) groups excluding carboxylic acids is 1. The molecule has 1 saturated carbocycles. The van der Waals surface area contributed by atoms with Gasteiger partial charge in [-0.25, -0.2) is 5.10 Å². The first-order valence-electron chi connectivity index (χ1n) is 7.57. The minimum Gasteiger partial charge on any atom is -0.330 e. The number of benzene rings is 1. The lowest BCUT2D eigenvalue weighted by atomic mass is 10.1. The minimum absolute atomic E-state index is 0.0250. The zero-order valence-corrected chi connectivity index (χ0v) is 12.5. The lowest BCUT2D eigenvalue weighted by Crippen LogP contribution is -2.36. The molecule has 1 aromatic heterocycles. The maximum atomic E-state index is 12.8. The molecule has 3 rings (SSSR count). The molecule has 114 valence electrons. The Kier molecular flexibility index (Phi) is 4.04. The van der Waals surface area contributed by atoms with Crippen LogP contribution in [0.1, 0.15) is 41.9 Å². The van der Waals surface area contributed by atoms with E-state index < -0.39 is 0 Å². The van der Waals surface area contributed by atoms with Gasteiger partial charge in [0.05, 0.1) is 6.04 Å². The van der Waals surface area contributed by atoms with Gasteiger partial charge in [0, 0.05) is 12.6 Å². The number of carbonyl (C=O) groups is 1. The quantitative estimate of drug-likeness (QED) is 0.921. The summed E-state index contributed by atoms with van der Waals surface area (Å²) in [5.74, 6) is 0.442. The third-order valence-electron chi connectivity index (χ3n) is 4.06. The number of hydrogen-bond donors (Lipinski definition) is 1. The van der Waals surface area contributed by atoms with Gasteiger partial charge < -0.3 is 4.90 Å². The molecule has 0 aliphatic heterocycles. The van der Waals surface area contributed by atoms with Gasteiger partial charge in [-0.15, -0.1) is 0 Å². The molecule has 0 spiro atoms. The van der Waals surface area contributed by atoms with E-state index in [0.717, 1.165) is 12.1 Å². The number of aromatic amines is 1.